The summed E-state index contributed by atoms with van der Waals surface area (Å²) in [5, 5.41) is 1.02. The first-order chi connectivity index (χ1) is 12.5. The van der Waals surface area contributed by atoms with E-state index in [2.05, 4.69) is 19.9 Å². The van der Waals surface area contributed by atoms with Gasteiger partial charge < -0.3 is 4.42 Å². The van der Waals surface area contributed by atoms with Crippen LogP contribution in [0, 0.1) is 0 Å². The molecule has 0 saturated carbocycles. The molecule has 0 aliphatic heterocycles. The number of hydrogen-bond donors (Lipinski definition) is 0. The van der Waals surface area contributed by atoms with Gasteiger partial charge in [0.2, 0.25) is 5.89 Å². The van der Waals surface area contributed by atoms with Crippen LogP contribution in [0.3, 0.4) is 0 Å². The second kappa shape index (κ2) is 6.34. The Labute approximate surface area is 149 Å². The van der Waals surface area contributed by atoms with Crippen molar-refractivity contribution in [3.05, 3.63) is 59.9 Å². The summed E-state index contributed by atoms with van der Waals surface area (Å²) in [7, 11) is 0. The molecule has 0 unspecified atom stereocenters. The van der Waals surface area contributed by atoms with Gasteiger partial charge in [-0.3, -0.25) is 0 Å². The summed E-state index contributed by atoms with van der Waals surface area (Å²) >= 11 is 0.833. The summed E-state index contributed by atoms with van der Waals surface area (Å²) in [5.74, 6) is 0.912. The molecular formula is C17H9F3N4OS. The van der Waals surface area contributed by atoms with E-state index >= 15 is 0 Å². The zero-order valence-corrected chi connectivity index (χ0v) is 13.8. The fourth-order valence-corrected chi connectivity index (χ4v) is 2.98. The molecule has 0 aliphatic carbocycles. The van der Waals surface area contributed by atoms with Gasteiger partial charge in [-0.25, -0.2) is 19.9 Å². The first-order valence-electron chi connectivity index (χ1n) is 7.38. The van der Waals surface area contributed by atoms with Crippen LogP contribution in [0.4, 0.5) is 13.2 Å². The van der Waals surface area contributed by atoms with Crippen LogP contribution in [-0.2, 0) is 6.18 Å². The lowest BCUT2D eigenvalue weighted by Crippen LogP contribution is -2.05. The fraction of sp³-hybridized carbons (Fsp3) is 0.0588. The van der Waals surface area contributed by atoms with Crippen LogP contribution in [0.5, 0.6) is 0 Å². The maximum atomic E-state index is 12.7. The van der Waals surface area contributed by atoms with Gasteiger partial charge in [0.25, 0.3) is 0 Å². The Bertz CT molecular complexity index is 1040. The summed E-state index contributed by atoms with van der Waals surface area (Å²) in [4.78, 5) is 16.0. The number of hydrogen-bond acceptors (Lipinski definition) is 6. The number of aromatic nitrogens is 4. The molecule has 0 fully saturated rings. The molecule has 4 aromatic rings. The van der Waals surface area contributed by atoms with Gasteiger partial charge in [-0.15, -0.1) is 11.3 Å². The minimum Gasteiger partial charge on any atom is -0.434 e. The van der Waals surface area contributed by atoms with Gasteiger partial charge >= 0.3 is 6.18 Å². The Hall–Kier alpha value is -3.07. The molecule has 3 aromatic heterocycles. The third-order valence-electron chi connectivity index (χ3n) is 3.42. The van der Waals surface area contributed by atoms with Crippen LogP contribution in [0.15, 0.2) is 58.6 Å². The normalized spacial score (nSPS) is 11.7. The Kier molecular flexibility index (Phi) is 4.00. The highest BCUT2D eigenvalue weighted by atomic mass is 32.1. The Morgan fingerprint density at radius 3 is 2.50 bits per heavy atom. The third kappa shape index (κ3) is 3.21. The third-order valence-corrected chi connectivity index (χ3v) is 4.26. The number of alkyl halides is 3. The summed E-state index contributed by atoms with van der Waals surface area (Å²) in [6, 6.07) is 10.9. The van der Waals surface area contributed by atoms with E-state index in [0.29, 0.717) is 17.3 Å². The van der Waals surface area contributed by atoms with Crippen molar-refractivity contribution < 1.29 is 17.6 Å². The number of benzene rings is 1. The van der Waals surface area contributed by atoms with E-state index < -0.39 is 11.9 Å². The monoisotopic (exact) mass is 374 g/mol. The Morgan fingerprint density at radius 1 is 0.962 bits per heavy atom. The largest absolute Gasteiger partial charge is 0.434 e. The standard InChI is InChI=1S/C17H9F3N4OS/c18-17(19,20)13-9-26-16(24-13)14-21-7-6-11(23-14)12-8-22-15(25-12)10-4-2-1-3-5-10/h1-9H. The van der Waals surface area contributed by atoms with E-state index in [0.717, 1.165) is 22.3 Å². The second-order valence-electron chi connectivity index (χ2n) is 5.20. The number of oxazole rings is 1. The first-order valence-corrected chi connectivity index (χ1v) is 8.26. The van der Waals surface area contributed by atoms with Crippen LogP contribution in [-0.4, -0.2) is 19.9 Å². The molecule has 130 valence electrons. The van der Waals surface area contributed by atoms with Crippen molar-refractivity contribution in [2.75, 3.05) is 0 Å². The zero-order chi connectivity index (χ0) is 18.1. The molecule has 1 aromatic carbocycles. The molecule has 0 saturated heterocycles. The molecule has 0 atom stereocenters. The lowest BCUT2D eigenvalue weighted by Gasteiger charge is -2.00. The van der Waals surface area contributed by atoms with Gasteiger partial charge in [0.15, 0.2) is 22.3 Å². The molecule has 0 bridgehead atoms. The first kappa shape index (κ1) is 16.4. The van der Waals surface area contributed by atoms with E-state index in [1.807, 2.05) is 30.3 Å². The van der Waals surface area contributed by atoms with Crippen LogP contribution in [0.25, 0.3) is 33.7 Å². The SMILES string of the molecule is FC(F)(F)c1csc(-c2nccc(-c3cnc(-c4ccccc4)o3)n2)n1. The van der Waals surface area contributed by atoms with Crippen molar-refractivity contribution in [1.82, 2.24) is 19.9 Å². The van der Waals surface area contributed by atoms with Crippen LogP contribution in [0.2, 0.25) is 0 Å². The van der Waals surface area contributed by atoms with Gasteiger partial charge in [-0.1, -0.05) is 18.2 Å². The molecule has 0 N–H and O–H groups in total. The van der Waals surface area contributed by atoms with Gasteiger partial charge in [0, 0.05) is 17.1 Å². The smallest absolute Gasteiger partial charge is 0.434 e. The van der Waals surface area contributed by atoms with Crippen molar-refractivity contribution in [3.8, 4) is 33.7 Å². The van der Waals surface area contributed by atoms with Crippen molar-refractivity contribution in [2.24, 2.45) is 0 Å². The number of rotatable bonds is 3. The van der Waals surface area contributed by atoms with Crippen molar-refractivity contribution >= 4 is 11.3 Å². The maximum absolute atomic E-state index is 12.7. The average molecular weight is 374 g/mol. The molecule has 26 heavy (non-hydrogen) atoms. The lowest BCUT2D eigenvalue weighted by atomic mass is 10.2. The van der Waals surface area contributed by atoms with Gasteiger partial charge in [0.05, 0.1) is 6.20 Å². The number of halogens is 3. The van der Waals surface area contributed by atoms with Crippen LogP contribution in [0.1, 0.15) is 5.69 Å². The molecule has 0 radical (unpaired) electrons. The number of thiazole rings is 1. The van der Waals surface area contributed by atoms with Crippen LogP contribution < -0.4 is 0 Å². The molecule has 0 aliphatic rings. The van der Waals surface area contributed by atoms with E-state index in [-0.39, 0.29) is 10.8 Å². The second-order valence-corrected chi connectivity index (χ2v) is 6.05. The summed E-state index contributed by atoms with van der Waals surface area (Å²) in [6.07, 6.45) is -1.55. The Balaban J connectivity index is 1.66. The highest BCUT2D eigenvalue weighted by molar-refractivity contribution is 7.13. The van der Waals surface area contributed by atoms with Crippen molar-refractivity contribution in [1.29, 1.82) is 0 Å². The minimum absolute atomic E-state index is 0.0852. The lowest BCUT2D eigenvalue weighted by molar-refractivity contribution is -0.140. The topological polar surface area (TPSA) is 64.7 Å². The zero-order valence-electron chi connectivity index (χ0n) is 12.9. The molecule has 9 heteroatoms. The summed E-state index contributed by atoms with van der Waals surface area (Å²) < 4.78 is 43.8. The maximum Gasteiger partial charge on any atom is 0.434 e. The highest BCUT2D eigenvalue weighted by Crippen LogP contribution is 2.33. The predicted octanol–water partition coefficient (Wildman–Crippen LogP) is 4.94. The fourth-order valence-electron chi connectivity index (χ4n) is 2.21. The minimum atomic E-state index is -4.50. The highest BCUT2D eigenvalue weighted by Gasteiger charge is 2.34. The quantitative estimate of drug-likeness (QED) is 0.508. The predicted molar refractivity (Wildman–Crippen MR) is 89.1 cm³/mol. The summed E-state index contributed by atoms with van der Waals surface area (Å²) in [6.45, 7) is 0. The van der Waals surface area contributed by atoms with E-state index in [1.165, 1.54) is 12.4 Å². The van der Waals surface area contributed by atoms with Crippen molar-refractivity contribution in [2.45, 2.75) is 6.18 Å². The molecule has 5 nitrogen and oxygen atoms in total. The summed E-state index contributed by atoms with van der Waals surface area (Å²) in [5.41, 5.74) is 0.258. The average Bonchev–Trinajstić information content (AvgIpc) is 3.32. The van der Waals surface area contributed by atoms with Gasteiger partial charge in [0.1, 0.15) is 5.69 Å². The van der Waals surface area contributed by atoms with E-state index in [9.17, 15) is 13.2 Å². The van der Waals surface area contributed by atoms with Gasteiger partial charge in [-0.2, -0.15) is 13.2 Å². The molecular weight excluding hydrogens is 365 g/mol. The van der Waals surface area contributed by atoms with Crippen LogP contribution >= 0.6 is 11.3 Å². The Morgan fingerprint density at radius 2 is 1.77 bits per heavy atom. The van der Waals surface area contributed by atoms with Gasteiger partial charge in [-0.05, 0) is 18.2 Å². The molecule has 0 spiro atoms. The molecule has 3 heterocycles. The van der Waals surface area contributed by atoms with E-state index in [4.69, 9.17) is 4.42 Å². The van der Waals surface area contributed by atoms with Crippen molar-refractivity contribution in [3.63, 3.8) is 0 Å². The molecule has 0 amide bonds. The van der Waals surface area contributed by atoms with E-state index in [1.54, 1.807) is 6.07 Å². The molecule has 4 rings (SSSR count). The number of nitrogens with zero attached hydrogens (tertiary/aromatic N) is 4.